The van der Waals surface area contributed by atoms with E-state index in [-0.39, 0.29) is 5.69 Å². The minimum atomic E-state index is 0.00861. The minimum absolute atomic E-state index is 0.00861. The van der Waals surface area contributed by atoms with Crippen molar-refractivity contribution in [1.29, 1.82) is 0 Å². The van der Waals surface area contributed by atoms with Gasteiger partial charge in [-0.05, 0) is 23.3 Å². The summed E-state index contributed by atoms with van der Waals surface area (Å²) in [7, 11) is 1.82. The Kier molecular flexibility index (Phi) is 3.83. The van der Waals surface area contributed by atoms with Gasteiger partial charge in [-0.3, -0.25) is 9.13 Å². The molecule has 22 heavy (non-hydrogen) atoms. The van der Waals surface area contributed by atoms with E-state index >= 15 is 0 Å². The monoisotopic (exact) mass is 293 g/mol. The number of imidazole rings is 1. The molecule has 0 amide bonds. The van der Waals surface area contributed by atoms with E-state index in [4.69, 9.17) is 5.73 Å². The quantitative estimate of drug-likeness (QED) is 0.751. The molecule has 0 fully saturated rings. The van der Waals surface area contributed by atoms with E-state index in [0.717, 1.165) is 22.5 Å². The second-order valence-corrected chi connectivity index (χ2v) is 5.49. The summed E-state index contributed by atoms with van der Waals surface area (Å²) in [6, 6.07) is 17.8. The molecule has 0 aliphatic carbocycles. The lowest BCUT2D eigenvalue weighted by atomic mass is 10.1. The smallest absolute Gasteiger partial charge is 0.328 e. The SMILES string of the molecule is Cn1c(Cc2ccc(N)cc2)cn(Cc2ccccc2)c1=O. The third kappa shape index (κ3) is 2.96. The number of benzene rings is 2. The van der Waals surface area contributed by atoms with Crippen LogP contribution in [0, 0.1) is 0 Å². The van der Waals surface area contributed by atoms with Gasteiger partial charge in [0.1, 0.15) is 0 Å². The lowest BCUT2D eigenvalue weighted by Crippen LogP contribution is -2.23. The van der Waals surface area contributed by atoms with Crippen LogP contribution in [0.25, 0.3) is 0 Å². The average molecular weight is 293 g/mol. The highest BCUT2D eigenvalue weighted by Crippen LogP contribution is 2.11. The fourth-order valence-electron chi connectivity index (χ4n) is 2.54. The predicted octanol–water partition coefficient (Wildman–Crippen LogP) is 2.41. The Hall–Kier alpha value is -2.75. The molecule has 112 valence electrons. The van der Waals surface area contributed by atoms with Gasteiger partial charge in [-0.2, -0.15) is 0 Å². The molecular formula is C18H19N3O. The summed E-state index contributed by atoms with van der Waals surface area (Å²) in [5.74, 6) is 0. The van der Waals surface area contributed by atoms with Crippen LogP contribution in [-0.2, 0) is 20.0 Å². The summed E-state index contributed by atoms with van der Waals surface area (Å²) in [6.45, 7) is 0.593. The fraction of sp³-hybridized carbons (Fsp3) is 0.167. The summed E-state index contributed by atoms with van der Waals surface area (Å²) in [4.78, 5) is 12.3. The molecule has 0 aliphatic heterocycles. The van der Waals surface area contributed by atoms with Crippen LogP contribution in [0.3, 0.4) is 0 Å². The first-order valence-electron chi connectivity index (χ1n) is 7.27. The van der Waals surface area contributed by atoms with Gasteiger partial charge in [0.15, 0.2) is 0 Å². The van der Waals surface area contributed by atoms with Crippen molar-refractivity contribution >= 4 is 5.69 Å². The molecule has 0 saturated carbocycles. The highest BCUT2D eigenvalue weighted by atomic mass is 16.1. The standard InChI is InChI=1S/C18H19N3O/c1-20-17(11-14-7-9-16(19)10-8-14)13-21(18(20)22)12-15-5-3-2-4-6-15/h2-10,13H,11-12,19H2,1H3. The van der Waals surface area contributed by atoms with Crippen LogP contribution >= 0.6 is 0 Å². The maximum atomic E-state index is 12.3. The molecule has 0 unspecified atom stereocenters. The molecule has 0 atom stereocenters. The Morgan fingerprint density at radius 3 is 2.32 bits per heavy atom. The third-order valence-corrected chi connectivity index (χ3v) is 3.83. The van der Waals surface area contributed by atoms with Crippen LogP contribution in [0.1, 0.15) is 16.8 Å². The molecule has 0 saturated heterocycles. The molecular weight excluding hydrogens is 274 g/mol. The number of nitrogen functional groups attached to an aromatic ring is 1. The second kappa shape index (κ2) is 5.93. The van der Waals surface area contributed by atoms with Crippen LogP contribution in [0.5, 0.6) is 0 Å². The van der Waals surface area contributed by atoms with E-state index in [0.29, 0.717) is 13.0 Å². The Labute approximate surface area is 129 Å². The third-order valence-electron chi connectivity index (χ3n) is 3.83. The van der Waals surface area contributed by atoms with Gasteiger partial charge in [0.25, 0.3) is 0 Å². The van der Waals surface area contributed by atoms with E-state index < -0.39 is 0 Å². The van der Waals surface area contributed by atoms with E-state index in [1.165, 1.54) is 0 Å². The topological polar surface area (TPSA) is 52.9 Å². The van der Waals surface area contributed by atoms with Crippen LogP contribution in [0.2, 0.25) is 0 Å². The molecule has 0 bridgehead atoms. The summed E-state index contributed by atoms with van der Waals surface area (Å²) in [5, 5.41) is 0. The first-order valence-corrected chi connectivity index (χ1v) is 7.27. The van der Waals surface area contributed by atoms with Gasteiger partial charge >= 0.3 is 5.69 Å². The summed E-state index contributed by atoms with van der Waals surface area (Å²) in [5.41, 5.74) is 9.71. The summed E-state index contributed by atoms with van der Waals surface area (Å²) >= 11 is 0. The number of rotatable bonds is 4. The van der Waals surface area contributed by atoms with E-state index in [9.17, 15) is 4.79 Å². The fourth-order valence-corrected chi connectivity index (χ4v) is 2.54. The van der Waals surface area contributed by atoms with Crippen LogP contribution in [0.4, 0.5) is 5.69 Å². The van der Waals surface area contributed by atoms with Crippen molar-refractivity contribution in [2.45, 2.75) is 13.0 Å². The Morgan fingerprint density at radius 1 is 0.955 bits per heavy atom. The maximum absolute atomic E-state index is 12.3. The molecule has 3 rings (SSSR count). The molecule has 1 aromatic heterocycles. The molecule has 0 aliphatic rings. The highest BCUT2D eigenvalue weighted by molar-refractivity contribution is 5.40. The minimum Gasteiger partial charge on any atom is -0.399 e. The highest BCUT2D eigenvalue weighted by Gasteiger charge is 2.09. The van der Waals surface area contributed by atoms with Gasteiger partial charge in [0, 0.05) is 31.0 Å². The lowest BCUT2D eigenvalue weighted by Gasteiger charge is -2.02. The van der Waals surface area contributed by atoms with Crippen molar-refractivity contribution in [3.8, 4) is 0 Å². The maximum Gasteiger partial charge on any atom is 0.328 e. The zero-order valence-corrected chi connectivity index (χ0v) is 12.6. The van der Waals surface area contributed by atoms with Gasteiger partial charge in [0.2, 0.25) is 0 Å². The Bertz CT molecular complexity index is 814. The Morgan fingerprint density at radius 2 is 1.64 bits per heavy atom. The first kappa shape index (κ1) is 14.2. The largest absolute Gasteiger partial charge is 0.399 e. The lowest BCUT2D eigenvalue weighted by molar-refractivity contribution is 0.712. The van der Waals surface area contributed by atoms with Crippen molar-refractivity contribution in [2.75, 3.05) is 5.73 Å². The number of anilines is 1. The van der Waals surface area contributed by atoms with Crippen molar-refractivity contribution < 1.29 is 0 Å². The number of aromatic nitrogens is 2. The zero-order chi connectivity index (χ0) is 15.5. The number of nitrogens with zero attached hydrogens (tertiary/aromatic N) is 2. The van der Waals surface area contributed by atoms with E-state index in [1.54, 1.807) is 9.13 Å². The van der Waals surface area contributed by atoms with Crippen molar-refractivity contribution in [3.05, 3.63) is 88.1 Å². The number of hydrogen-bond donors (Lipinski definition) is 1. The van der Waals surface area contributed by atoms with Gasteiger partial charge in [-0.15, -0.1) is 0 Å². The predicted molar refractivity (Wildman–Crippen MR) is 88.9 cm³/mol. The number of nitrogens with two attached hydrogens (primary N) is 1. The zero-order valence-electron chi connectivity index (χ0n) is 12.6. The van der Waals surface area contributed by atoms with Crippen molar-refractivity contribution in [1.82, 2.24) is 9.13 Å². The molecule has 3 aromatic rings. The molecule has 4 nitrogen and oxygen atoms in total. The summed E-state index contributed by atoms with van der Waals surface area (Å²) in [6.07, 6.45) is 2.65. The summed E-state index contributed by atoms with van der Waals surface area (Å²) < 4.78 is 3.46. The first-order chi connectivity index (χ1) is 10.6. The van der Waals surface area contributed by atoms with Gasteiger partial charge in [-0.25, -0.2) is 4.79 Å². The van der Waals surface area contributed by atoms with Crippen LogP contribution in [-0.4, -0.2) is 9.13 Å². The molecule has 0 radical (unpaired) electrons. The molecule has 4 heteroatoms. The number of hydrogen-bond acceptors (Lipinski definition) is 2. The van der Waals surface area contributed by atoms with Gasteiger partial charge in [0.05, 0.1) is 6.54 Å². The van der Waals surface area contributed by atoms with E-state index in [2.05, 4.69) is 0 Å². The molecule has 1 heterocycles. The van der Waals surface area contributed by atoms with Crippen LogP contribution < -0.4 is 11.4 Å². The molecule has 2 aromatic carbocycles. The van der Waals surface area contributed by atoms with Gasteiger partial charge < -0.3 is 5.73 Å². The van der Waals surface area contributed by atoms with E-state index in [1.807, 2.05) is 67.8 Å². The average Bonchev–Trinajstić information content (AvgIpc) is 2.79. The van der Waals surface area contributed by atoms with Crippen molar-refractivity contribution in [3.63, 3.8) is 0 Å². The second-order valence-electron chi connectivity index (χ2n) is 5.49. The molecule has 0 spiro atoms. The molecule has 2 N–H and O–H groups in total. The van der Waals surface area contributed by atoms with Gasteiger partial charge in [-0.1, -0.05) is 42.5 Å². The Balaban J connectivity index is 1.86. The van der Waals surface area contributed by atoms with Crippen molar-refractivity contribution in [2.24, 2.45) is 7.05 Å². The normalized spacial score (nSPS) is 10.8. The van der Waals surface area contributed by atoms with Crippen LogP contribution in [0.15, 0.2) is 65.6 Å².